The lowest BCUT2D eigenvalue weighted by Crippen LogP contribution is -2.36. The Labute approximate surface area is 103 Å². The van der Waals surface area contributed by atoms with E-state index in [0.29, 0.717) is 13.1 Å². The Morgan fingerprint density at radius 3 is 2.47 bits per heavy atom. The molecule has 0 unspecified atom stereocenters. The molecule has 0 radical (unpaired) electrons. The molecule has 0 aliphatic heterocycles. The van der Waals surface area contributed by atoms with Gasteiger partial charge < -0.3 is 16.0 Å². The molecule has 0 aliphatic rings. The van der Waals surface area contributed by atoms with E-state index in [-0.39, 0.29) is 5.91 Å². The third-order valence-corrected chi connectivity index (χ3v) is 2.64. The van der Waals surface area contributed by atoms with Gasteiger partial charge in [-0.2, -0.15) is 0 Å². The van der Waals surface area contributed by atoms with Gasteiger partial charge in [0.05, 0.1) is 6.54 Å². The topological polar surface area (TPSA) is 58.4 Å². The van der Waals surface area contributed by atoms with Gasteiger partial charge in [0.25, 0.3) is 0 Å². The zero-order valence-corrected chi connectivity index (χ0v) is 10.6. The third kappa shape index (κ3) is 4.07. The summed E-state index contributed by atoms with van der Waals surface area (Å²) in [5.41, 5.74) is 7.72. The lowest BCUT2D eigenvalue weighted by Gasteiger charge is -2.23. The van der Waals surface area contributed by atoms with Gasteiger partial charge in [0.1, 0.15) is 0 Å². The van der Waals surface area contributed by atoms with Crippen molar-refractivity contribution in [2.45, 2.75) is 19.9 Å². The molecule has 3 N–H and O–H groups in total. The predicted molar refractivity (Wildman–Crippen MR) is 70.9 cm³/mol. The quantitative estimate of drug-likeness (QED) is 0.776. The van der Waals surface area contributed by atoms with Gasteiger partial charge >= 0.3 is 0 Å². The number of benzene rings is 1. The number of carbonyl (C=O) groups excluding carboxylic acids is 1. The highest BCUT2D eigenvalue weighted by molar-refractivity contribution is 5.81. The van der Waals surface area contributed by atoms with Crippen molar-refractivity contribution in [3.63, 3.8) is 0 Å². The molecule has 0 bridgehead atoms. The van der Waals surface area contributed by atoms with Gasteiger partial charge in [0.2, 0.25) is 5.91 Å². The van der Waals surface area contributed by atoms with E-state index < -0.39 is 0 Å². The molecule has 1 rings (SSSR count). The largest absolute Gasteiger partial charge is 0.362 e. The number of anilines is 1. The van der Waals surface area contributed by atoms with Gasteiger partial charge in [-0.05, 0) is 24.1 Å². The summed E-state index contributed by atoms with van der Waals surface area (Å²) in [5.74, 6) is 0.0290. The van der Waals surface area contributed by atoms with Crippen LogP contribution in [0.5, 0.6) is 0 Å². The van der Waals surface area contributed by atoms with Crippen LogP contribution >= 0.6 is 0 Å². The van der Waals surface area contributed by atoms with Gasteiger partial charge in [-0.15, -0.1) is 0 Å². The molecule has 0 saturated heterocycles. The normalized spacial score (nSPS) is 10.1. The van der Waals surface area contributed by atoms with Gasteiger partial charge in [-0.1, -0.05) is 19.1 Å². The lowest BCUT2D eigenvalue weighted by molar-refractivity contribution is -0.119. The number of nitrogens with two attached hydrogens (primary N) is 1. The fourth-order valence-corrected chi connectivity index (χ4v) is 1.66. The van der Waals surface area contributed by atoms with E-state index in [1.807, 2.05) is 24.3 Å². The van der Waals surface area contributed by atoms with Crippen molar-refractivity contribution in [1.29, 1.82) is 0 Å². The summed E-state index contributed by atoms with van der Waals surface area (Å²) < 4.78 is 0. The van der Waals surface area contributed by atoms with Crippen LogP contribution in [-0.4, -0.2) is 26.0 Å². The van der Waals surface area contributed by atoms with E-state index in [1.54, 1.807) is 7.05 Å². The second-order valence-corrected chi connectivity index (χ2v) is 3.97. The smallest absolute Gasteiger partial charge is 0.239 e. The van der Waals surface area contributed by atoms with Crippen LogP contribution in [0.4, 0.5) is 5.69 Å². The van der Waals surface area contributed by atoms with E-state index >= 15 is 0 Å². The van der Waals surface area contributed by atoms with Gasteiger partial charge in [-0.3, -0.25) is 4.79 Å². The van der Waals surface area contributed by atoms with E-state index in [1.165, 1.54) is 0 Å². The monoisotopic (exact) mass is 235 g/mol. The maximum atomic E-state index is 11.4. The summed E-state index contributed by atoms with van der Waals surface area (Å²) in [6, 6.07) is 8.03. The first kappa shape index (κ1) is 13.5. The number of nitrogens with zero attached hydrogens (tertiary/aromatic N) is 1. The Balaban J connectivity index is 2.77. The van der Waals surface area contributed by atoms with Crippen molar-refractivity contribution >= 4 is 11.6 Å². The number of carbonyl (C=O) groups is 1. The van der Waals surface area contributed by atoms with Crippen LogP contribution in [0.3, 0.4) is 0 Å². The minimum Gasteiger partial charge on any atom is -0.362 e. The number of likely N-dealkylation sites (N-methyl/N-ethyl adjacent to an activating group) is 1. The molecule has 0 saturated carbocycles. The van der Waals surface area contributed by atoms with Crippen molar-refractivity contribution in [1.82, 2.24) is 5.32 Å². The summed E-state index contributed by atoms with van der Waals surface area (Å²) in [7, 11) is 1.66. The van der Waals surface area contributed by atoms with Crippen LogP contribution in [0, 0.1) is 0 Å². The average Bonchev–Trinajstić information content (AvgIpc) is 2.38. The second kappa shape index (κ2) is 6.91. The number of hydrogen-bond acceptors (Lipinski definition) is 3. The second-order valence-electron chi connectivity index (χ2n) is 3.97. The van der Waals surface area contributed by atoms with Crippen molar-refractivity contribution in [3.8, 4) is 0 Å². The molecular formula is C13H21N3O. The first-order chi connectivity index (χ1) is 8.21. The summed E-state index contributed by atoms with van der Waals surface area (Å²) in [5, 5.41) is 2.65. The van der Waals surface area contributed by atoms with Crippen molar-refractivity contribution in [3.05, 3.63) is 29.8 Å². The minimum atomic E-state index is 0.0290. The molecule has 0 fully saturated rings. The van der Waals surface area contributed by atoms with Crippen molar-refractivity contribution in [2.75, 3.05) is 25.0 Å². The lowest BCUT2D eigenvalue weighted by atomic mass is 10.2. The van der Waals surface area contributed by atoms with Crippen LogP contribution < -0.4 is 16.0 Å². The molecule has 17 heavy (non-hydrogen) atoms. The van der Waals surface area contributed by atoms with Gasteiger partial charge in [0, 0.05) is 25.8 Å². The fourth-order valence-electron chi connectivity index (χ4n) is 1.66. The zero-order valence-electron chi connectivity index (χ0n) is 10.6. The Hall–Kier alpha value is -1.55. The van der Waals surface area contributed by atoms with Gasteiger partial charge in [-0.25, -0.2) is 0 Å². The van der Waals surface area contributed by atoms with Crippen LogP contribution in [0.1, 0.15) is 18.9 Å². The molecule has 0 aromatic heterocycles. The number of amides is 1. The summed E-state index contributed by atoms with van der Waals surface area (Å²) in [6.07, 6.45) is 1.01. The molecule has 4 heteroatoms. The minimum absolute atomic E-state index is 0.0290. The molecule has 4 nitrogen and oxygen atoms in total. The maximum absolute atomic E-state index is 11.4. The molecule has 1 aromatic carbocycles. The zero-order chi connectivity index (χ0) is 12.7. The Bertz CT molecular complexity index is 348. The molecule has 94 valence electrons. The summed E-state index contributed by atoms with van der Waals surface area (Å²) in [4.78, 5) is 13.5. The van der Waals surface area contributed by atoms with E-state index in [0.717, 1.165) is 24.2 Å². The van der Waals surface area contributed by atoms with Crippen LogP contribution in [-0.2, 0) is 11.3 Å². The van der Waals surface area contributed by atoms with Crippen LogP contribution in [0.15, 0.2) is 24.3 Å². The summed E-state index contributed by atoms with van der Waals surface area (Å²) >= 11 is 0. The Morgan fingerprint density at radius 1 is 1.35 bits per heavy atom. The number of nitrogens with one attached hydrogen (secondary N) is 1. The van der Waals surface area contributed by atoms with Crippen LogP contribution in [0.25, 0.3) is 0 Å². The molecule has 0 atom stereocenters. The SMILES string of the molecule is CCCN(CC(=O)NC)c1ccc(CN)cc1. The van der Waals surface area contributed by atoms with Crippen molar-refractivity contribution in [2.24, 2.45) is 5.73 Å². The molecule has 1 aromatic rings. The predicted octanol–water partition coefficient (Wildman–Crippen LogP) is 1.11. The third-order valence-electron chi connectivity index (χ3n) is 2.64. The molecule has 1 amide bonds. The van der Waals surface area contributed by atoms with Crippen molar-refractivity contribution < 1.29 is 4.79 Å². The average molecular weight is 235 g/mol. The first-order valence-electron chi connectivity index (χ1n) is 5.95. The molecule has 0 heterocycles. The highest BCUT2D eigenvalue weighted by Gasteiger charge is 2.09. The maximum Gasteiger partial charge on any atom is 0.239 e. The highest BCUT2D eigenvalue weighted by Crippen LogP contribution is 2.15. The Kier molecular flexibility index (Phi) is 5.49. The van der Waals surface area contributed by atoms with E-state index in [2.05, 4.69) is 17.1 Å². The first-order valence-corrected chi connectivity index (χ1v) is 5.95. The molecule has 0 spiro atoms. The van der Waals surface area contributed by atoms with Crippen LogP contribution in [0.2, 0.25) is 0 Å². The molecular weight excluding hydrogens is 214 g/mol. The molecule has 0 aliphatic carbocycles. The Morgan fingerprint density at radius 2 is 2.00 bits per heavy atom. The van der Waals surface area contributed by atoms with E-state index in [4.69, 9.17) is 5.73 Å². The standard InChI is InChI=1S/C13H21N3O/c1-3-8-16(10-13(17)15-2)12-6-4-11(9-14)5-7-12/h4-7H,3,8-10,14H2,1-2H3,(H,15,17). The number of hydrogen-bond donors (Lipinski definition) is 2. The highest BCUT2D eigenvalue weighted by atomic mass is 16.1. The number of rotatable bonds is 6. The fraction of sp³-hybridized carbons (Fsp3) is 0.462. The summed E-state index contributed by atoms with van der Waals surface area (Å²) in [6.45, 7) is 3.91. The van der Waals surface area contributed by atoms with Gasteiger partial charge in [0.15, 0.2) is 0 Å². The van der Waals surface area contributed by atoms with E-state index in [9.17, 15) is 4.79 Å².